The van der Waals surface area contributed by atoms with E-state index >= 15 is 0 Å². The molecule has 0 spiro atoms. The second-order valence-electron chi connectivity index (χ2n) is 4.86. The number of nitrogens with zero attached hydrogens (tertiary/aromatic N) is 2. The summed E-state index contributed by atoms with van der Waals surface area (Å²) < 4.78 is 5.19. The molecule has 0 bridgehead atoms. The van der Waals surface area contributed by atoms with Gasteiger partial charge in [-0.05, 0) is 13.3 Å². The van der Waals surface area contributed by atoms with Crippen molar-refractivity contribution in [3.63, 3.8) is 0 Å². The number of amides is 2. The normalized spacial score (nSPS) is 18.9. The first-order valence-corrected chi connectivity index (χ1v) is 6.63. The van der Waals surface area contributed by atoms with E-state index in [2.05, 4.69) is 10.3 Å². The van der Waals surface area contributed by atoms with Crippen LogP contribution in [0, 0.1) is 6.92 Å². The number of nitrogens with one attached hydrogen (secondary N) is 1. The molecule has 1 unspecified atom stereocenters. The number of piperazine rings is 1. The van der Waals surface area contributed by atoms with Crippen molar-refractivity contribution in [2.45, 2.75) is 32.9 Å². The smallest absolute Gasteiger partial charge is 0.245 e. The molecule has 1 aliphatic rings. The van der Waals surface area contributed by atoms with Gasteiger partial charge in [-0.25, -0.2) is 0 Å². The summed E-state index contributed by atoms with van der Waals surface area (Å²) in [7, 11) is 1.59. The molecule has 1 aromatic rings. The molecule has 2 heterocycles. The molecule has 0 aromatic carbocycles. The van der Waals surface area contributed by atoms with Crippen molar-refractivity contribution in [1.82, 2.24) is 15.2 Å². The number of methoxy groups -OCH3 is 1. The SMILES string of the molecule is CCC1NC(=O)CN(Cc2cc(OC)cc(C)n2)C1=O. The Balaban J connectivity index is 2.17. The number of hydrogen-bond acceptors (Lipinski definition) is 4. The lowest BCUT2D eigenvalue weighted by Gasteiger charge is -2.31. The molecule has 108 valence electrons. The van der Waals surface area contributed by atoms with Crippen LogP contribution in [0.2, 0.25) is 0 Å². The van der Waals surface area contributed by atoms with E-state index in [9.17, 15) is 9.59 Å². The zero-order chi connectivity index (χ0) is 14.7. The Labute approximate surface area is 118 Å². The predicted molar refractivity (Wildman–Crippen MR) is 73.2 cm³/mol. The predicted octanol–water partition coefficient (Wildman–Crippen LogP) is 0.636. The van der Waals surface area contributed by atoms with Crippen LogP contribution in [0.5, 0.6) is 5.75 Å². The Morgan fingerprint density at radius 1 is 1.45 bits per heavy atom. The molecular weight excluding hydrogens is 258 g/mol. The molecule has 0 radical (unpaired) electrons. The highest BCUT2D eigenvalue weighted by Gasteiger charge is 2.31. The fraction of sp³-hybridized carbons (Fsp3) is 0.500. The summed E-state index contributed by atoms with van der Waals surface area (Å²) in [4.78, 5) is 29.7. The molecule has 6 nitrogen and oxygen atoms in total. The Morgan fingerprint density at radius 3 is 2.85 bits per heavy atom. The van der Waals surface area contributed by atoms with Gasteiger partial charge in [0.15, 0.2) is 0 Å². The van der Waals surface area contributed by atoms with Crippen LogP contribution in [0.1, 0.15) is 24.7 Å². The van der Waals surface area contributed by atoms with Crippen LogP contribution < -0.4 is 10.1 Å². The number of ether oxygens (including phenoxy) is 1. The number of pyridine rings is 1. The lowest BCUT2D eigenvalue weighted by atomic mass is 10.1. The molecule has 2 amide bonds. The van der Waals surface area contributed by atoms with Crippen LogP contribution in [0.3, 0.4) is 0 Å². The summed E-state index contributed by atoms with van der Waals surface area (Å²) in [5.74, 6) is 0.513. The van der Waals surface area contributed by atoms with Gasteiger partial charge in [0.05, 0.1) is 19.3 Å². The minimum absolute atomic E-state index is 0.0608. The van der Waals surface area contributed by atoms with Gasteiger partial charge < -0.3 is 15.0 Å². The van der Waals surface area contributed by atoms with E-state index < -0.39 is 6.04 Å². The zero-order valence-electron chi connectivity index (χ0n) is 12.0. The van der Waals surface area contributed by atoms with E-state index in [1.165, 1.54) is 4.90 Å². The van der Waals surface area contributed by atoms with Crippen LogP contribution >= 0.6 is 0 Å². The van der Waals surface area contributed by atoms with Crippen molar-refractivity contribution < 1.29 is 14.3 Å². The number of hydrogen-bond donors (Lipinski definition) is 1. The second-order valence-corrected chi connectivity index (χ2v) is 4.86. The molecule has 1 aliphatic heterocycles. The molecule has 1 fully saturated rings. The lowest BCUT2D eigenvalue weighted by molar-refractivity contribution is -0.145. The second kappa shape index (κ2) is 5.90. The van der Waals surface area contributed by atoms with E-state index in [0.717, 1.165) is 11.4 Å². The first-order chi connectivity index (χ1) is 9.53. The molecule has 1 N–H and O–H groups in total. The van der Waals surface area contributed by atoms with Gasteiger partial charge in [-0.3, -0.25) is 14.6 Å². The van der Waals surface area contributed by atoms with Gasteiger partial charge in [0.2, 0.25) is 11.8 Å². The van der Waals surface area contributed by atoms with Gasteiger partial charge in [-0.15, -0.1) is 0 Å². The minimum atomic E-state index is -0.428. The summed E-state index contributed by atoms with van der Waals surface area (Å²) in [5, 5.41) is 2.69. The topological polar surface area (TPSA) is 71.5 Å². The maximum absolute atomic E-state index is 12.2. The third kappa shape index (κ3) is 3.07. The largest absolute Gasteiger partial charge is 0.497 e. The van der Waals surface area contributed by atoms with E-state index in [1.807, 2.05) is 19.9 Å². The van der Waals surface area contributed by atoms with Crippen LogP contribution in [-0.4, -0.2) is 41.4 Å². The highest BCUT2D eigenvalue weighted by Crippen LogP contribution is 2.16. The average molecular weight is 277 g/mol. The highest BCUT2D eigenvalue weighted by molar-refractivity contribution is 5.94. The summed E-state index contributed by atoms with van der Waals surface area (Å²) in [6.07, 6.45) is 0.589. The summed E-state index contributed by atoms with van der Waals surface area (Å²) in [6.45, 7) is 4.14. The maximum Gasteiger partial charge on any atom is 0.245 e. The van der Waals surface area contributed by atoms with E-state index in [4.69, 9.17) is 4.74 Å². The highest BCUT2D eigenvalue weighted by atomic mass is 16.5. The Bertz CT molecular complexity index is 530. The van der Waals surface area contributed by atoms with E-state index in [1.54, 1.807) is 13.2 Å². The van der Waals surface area contributed by atoms with E-state index in [-0.39, 0.29) is 18.4 Å². The first kappa shape index (κ1) is 14.3. The number of rotatable bonds is 4. The van der Waals surface area contributed by atoms with Crippen LogP contribution in [0.4, 0.5) is 0 Å². The third-order valence-electron chi connectivity index (χ3n) is 3.26. The molecular formula is C14H19N3O3. The number of aromatic nitrogens is 1. The van der Waals surface area contributed by atoms with Gasteiger partial charge in [-0.1, -0.05) is 6.92 Å². The van der Waals surface area contributed by atoms with Crippen LogP contribution in [-0.2, 0) is 16.1 Å². The third-order valence-corrected chi connectivity index (χ3v) is 3.26. The van der Waals surface area contributed by atoms with Crippen molar-refractivity contribution in [3.8, 4) is 5.75 Å². The monoisotopic (exact) mass is 277 g/mol. The standard InChI is InChI=1S/C14H19N3O3/c1-4-12-14(19)17(8-13(18)16-12)7-10-6-11(20-3)5-9(2)15-10/h5-6,12H,4,7-8H2,1-3H3,(H,16,18). The molecule has 0 saturated carbocycles. The summed E-state index contributed by atoms with van der Waals surface area (Å²) >= 11 is 0. The molecule has 1 aromatic heterocycles. The molecule has 2 rings (SSSR count). The van der Waals surface area contributed by atoms with E-state index in [0.29, 0.717) is 18.7 Å². The first-order valence-electron chi connectivity index (χ1n) is 6.63. The number of aryl methyl sites for hydroxylation is 1. The van der Waals surface area contributed by atoms with Gasteiger partial charge in [0.25, 0.3) is 0 Å². The van der Waals surface area contributed by atoms with Gasteiger partial charge >= 0.3 is 0 Å². The average Bonchev–Trinajstić information content (AvgIpc) is 2.41. The zero-order valence-corrected chi connectivity index (χ0v) is 12.0. The number of carbonyl (C=O) groups is 2. The molecule has 6 heteroatoms. The molecule has 1 saturated heterocycles. The Hall–Kier alpha value is -2.11. The van der Waals surface area contributed by atoms with Crippen LogP contribution in [0.25, 0.3) is 0 Å². The Morgan fingerprint density at radius 2 is 2.20 bits per heavy atom. The van der Waals surface area contributed by atoms with Crippen molar-refractivity contribution >= 4 is 11.8 Å². The summed E-state index contributed by atoms with van der Waals surface area (Å²) in [6, 6.07) is 3.18. The minimum Gasteiger partial charge on any atom is -0.497 e. The summed E-state index contributed by atoms with van der Waals surface area (Å²) in [5.41, 5.74) is 1.54. The molecule has 1 atom stereocenters. The van der Waals surface area contributed by atoms with Gasteiger partial charge in [-0.2, -0.15) is 0 Å². The Kier molecular flexibility index (Phi) is 4.22. The van der Waals surface area contributed by atoms with Gasteiger partial charge in [0.1, 0.15) is 18.3 Å². The van der Waals surface area contributed by atoms with Crippen molar-refractivity contribution in [3.05, 3.63) is 23.5 Å². The number of carbonyl (C=O) groups excluding carboxylic acids is 2. The molecule has 0 aliphatic carbocycles. The quantitative estimate of drug-likeness (QED) is 0.876. The fourth-order valence-electron chi connectivity index (χ4n) is 2.28. The fourth-order valence-corrected chi connectivity index (χ4v) is 2.28. The van der Waals surface area contributed by atoms with Crippen molar-refractivity contribution in [2.24, 2.45) is 0 Å². The van der Waals surface area contributed by atoms with Gasteiger partial charge in [0, 0.05) is 17.8 Å². The van der Waals surface area contributed by atoms with Crippen molar-refractivity contribution in [1.29, 1.82) is 0 Å². The maximum atomic E-state index is 12.2. The molecule has 20 heavy (non-hydrogen) atoms. The lowest BCUT2D eigenvalue weighted by Crippen LogP contribution is -2.57. The van der Waals surface area contributed by atoms with Crippen LogP contribution in [0.15, 0.2) is 12.1 Å². The van der Waals surface area contributed by atoms with Crippen molar-refractivity contribution in [2.75, 3.05) is 13.7 Å².